The minimum atomic E-state index is -4.74. The van der Waals surface area contributed by atoms with E-state index < -0.39 is 32.2 Å². The maximum atomic E-state index is 13.1. The van der Waals surface area contributed by atoms with Crippen molar-refractivity contribution in [3.63, 3.8) is 0 Å². The van der Waals surface area contributed by atoms with Gasteiger partial charge in [-0.1, -0.05) is 6.07 Å². The predicted molar refractivity (Wildman–Crippen MR) is 86.3 cm³/mol. The van der Waals surface area contributed by atoms with Gasteiger partial charge in [-0.15, -0.1) is 0 Å². The Balaban J connectivity index is 2.52. The molecule has 0 radical (unpaired) electrons. The number of hydrogen-bond donors (Lipinski definition) is 0. The maximum Gasteiger partial charge on any atom is 0.416 e. The molecule has 0 spiro atoms. The third-order valence-electron chi connectivity index (χ3n) is 3.99. The van der Waals surface area contributed by atoms with E-state index in [1.54, 1.807) is 12.1 Å². The lowest BCUT2D eigenvalue weighted by Crippen LogP contribution is -2.17. The maximum absolute atomic E-state index is 13.1. The van der Waals surface area contributed by atoms with Crippen LogP contribution in [-0.4, -0.2) is 8.42 Å². The van der Waals surface area contributed by atoms with E-state index in [1.165, 1.54) is 12.1 Å². The van der Waals surface area contributed by atoms with Crippen molar-refractivity contribution in [2.24, 2.45) is 0 Å². The van der Waals surface area contributed by atoms with Crippen molar-refractivity contribution in [2.45, 2.75) is 16.0 Å². The zero-order chi connectivity index (χ0) is 20.0. The molecule has 0 amide bonds. The van der Waals surface area contributed by atoms with Crippen molar-refractivity contribution < 1.29 is 21.6 Å². The smallest absolute Gasteiger partial charge is 0.226 e. The third kappa shape index (κ3) is 2.73. The molecule has 1 heterocycles. The third-order valence-corrected chi connectivity index (χ3v) is 5.84. The van der Waals surface area contributed by atoms with Gasteiger partial charge in [0.15, 0.2) is 0 Å². The number of allylic oxidation sites excluding steroid dienone is 1. The number of hydrogen-bond acceptors (Lipinski definition) is 4. The first-order valence-electron chi connectivity index (χ1n) is 7.18. The van der Waals surface area contributed by atoms with Gasteiger partial charge < -0.3 is 0 Å². The minimum Gasteiger partial charge on any atom is -0.226 e. The van der Waals surface area contributed by atoms with Crippen LogP contribution < -0.4 is 0 Å². The summed E-state index contributed by atoms with van der Waals surface area (Å²) in [6.07, 6.45) is -4.74. The summed E-state index contributed by atoms with van der Waals surface area (Å²) in [6.45, 7) is 7.15. The number of fused-ring (bicyclic) bond motifs is 2. The molecule has 2 aromatic rings. The Morgan fingerprint density at radius 1 is 1.04 bits per heavy atom. The van der Waals surface area contributed by atoms with Crippen LogP contribution in [0.25, 0.3) is 10.4 Å². The molecule has 0 bridgehead atoms. The Hall–Kier alpha value is -3.61. The van der Waals surface area contributed by atoms with Crippen LogP contribution >= 0.6 is 0 Å². The van der Waals surface area contributed by atoms with Gasteiger partial charge in [-0.25, -0.2) is 18.5 Å². The Kier molecular flexibility index (Phi) is 4.03. The molecular formula is C18H6F3N3O2S. The first-order valence-corrected chi connectivity index (χ1v) is 8.66. The number of nitrogens with zero attached hydrogens (tertiary/aromatic N) is 3. The van der Waals surface area contributed by atoms with Gasteiger partial charge in [-0.05, 0) is 41.5 Å². The van der Waals surface area contributed by atoms with Gasteiger partial charge in [0.05, 0.1) is 39.6 Å². The fourth-order valence-corrected chi connectivity index (χ4v) is 4.49. The fraction of sp³-hybridized carbons (Fsp3) is 0.0556. The van der Waals surface area contributed by atoms with Crippen molar-refractivity contribution in [1.82, 2.24) is 0 Å². The van der Waals surface area contributed by atoms with E-state index in [4.69, 9.17) is 11.8 Å². The van der Waals surface area contributed by atoms with E-state index in [9.17, 15) is 26.9 Å². The van der Waals surface area contributed by atoms with Crippen LogP contribution in [0.15, 0.2) is 51.9 Å². The standard InChI is InChI=1S/C18H6F3N3O2S/c1-24-14(9-23)17-12-4-2-10(8-22)6-16(12)27(25,26)15-5-3-11(7-13(15)17)18(19,20)21/h2-7H. The van der Waals surface area contributed by atoms with Gasteiger partial charge in [-0.3, -0.25) is 0 Å². The highest BCUT2D eigenvalue weighted by Gasteiger charge is 2.38. The molecule has 132 valence electrons. The monoisotopic (exact) mass is 385 g/mol. The van der Waals surface area contributed by atoms with Crippen LogP contribution in [0.5, 0.6) is 0 Å². The van der Waals surface area contributed by atoms with Crippen molar-refractivity contribution in [2.75, 3.05) is 0 Å². The van der Waals surface area contributed by atoms with Crippen molar-refractivity contribution in [3.8, 4) is 12.1 Å². The lowest BCUT2D eigenvalue weighted by molar-refractivity contribution is -0.137. The highest BCUT2D eigenvalue weighted by atomic mass is 32.2. The van der Waals surface area contributed by atoms with Crippen LogP contribution in [0.4, 0.5) is 13.2 Å². The number of nitriles is 2. The molecule has 0 saturated heterocycles. The molecule has 1 aliphatic heterocycles. The lowest BCUT2D eigenvalue weighted by Gasteiger charge is -2.24. The van der Waals surface area contributed by atoms with Gasteiger partial charge in [0.25, 0.3) is 5.70 Å². The molecule has 3 rings (SSSR count). The summed E-state index contributed by atoms with van der Waals surface area (Å²) < 4.78 is 65.1. The molecule has 5 nitrogen and oxygen atoms in total. The van der Waals surface area contributed by atoms with Crippen molar-refractivity contribution in [1.29, 1.82) is 10.5 Å². The summed E-state index contributed by atoms with van der Waals surface area (Å²) in [5.41, 5.74) is -2.29. The van der Waals surface area contributed by atoms with Crippen molar-refractivity contribution >= 4 is 15.4 Å². The van der Waals surface area contributed by atoms with Gasteiger partial charge >= 0.3 is 6.18 Å². The van der Waals surface area contributed by atoms with E-state index in [1.807, 2.05) is 0 Å². The Labute approximate surface area is 151 Å². The average molecular weight is 385 g/mol. The second-order valence-corrected chi connectivity index (χ2v) is 7.37. The summed E-state index contributed by atoms with van der Waals surface area (Å²) in [5.74, 6) is 0. The summed E-state index contributed by atoms with van der Waals surface area (Å²) >= 11 is 0. The predicted octanol–water partition coefficient (Wildman–Crippen LogP) is 3.93. The summed E-state index contributed by atoms with van der Waals surface area (Å²) in [7, 11) is -4.24. The normalized spacial score (nSPS) is 16.1. The van der Waals surface area contributed by atoms with E-state index in [2.05, 4.69) is 4.85 Å². The molecule has 0 unspecified atom stereocenters. The summed E-state index contributed by atoms with van der Waals surface area (Å²) in [5, 5.41) is 18.3. The van der Waals surface area contributed by atoms with E-state index >= 15 is 0 Å². The van der Waals surface area contributed by atoms with Crippen LogP contribution in [-0.2, 0) is 16.0 Å². The van der Waals surface area contributed by atoms with Gasteiger partial charge in [0.2, 0.25) is 9.84 Å². The number of halogens is 3. The summed E-state index contributed by atoms with van der Waals surface area (Å²) in [4.78, 5) is 2.25. The first kappa shape index (κ1) is 18.2. The number of benzene rings is 2. The van der Waals surface area contributed by atoms with Gasteiger partial charge in [0.1, 0.15) is 0 Å². The average Bonchev–Trinajstić information content (AvgIpc) is 2.63. The molecule has 27 heavy (non-hydrogen) atoms. The topological polar surface area (TPSA) is 86.1 Å². The van der Waals surface area contributed by atoms with Crippen molar-refractivity contribution in [3.05, 3.63) is 75.8 Å². The quantitative estimate of drug-likeness (QED) is 0.433. The zero-order valence-corrected chi connectivity index (χ0v) is 14.0. The molecule has 1 aliphatic rings. The van der Waals surface area contributed by atoms with E-state index in [0.717, 1.165) is 12.1 Å². The number of sulfone groups is 1. The summed E-state index contributed by atoms with van der Waals surface area (Å²) in [6, 6.07) is 8.98. The second kappa shape index (κ2) is 5.98. The lowest BCUT2D eigenvalue weighted by atomic mass is 9.93. The number of alkyl halides is 3. The Morgan fingerprint density at radius 3 is 2.30 bits per heavy atom. The molecule has 0 saturated carbocycles. The van der Waals surface area contributed by atoms with Gasteiger partial charge in [0, 0.05) is 5.57 Å². The Morgan fingerprint density at radius 2 is 1.74 bits per heavy atom. The largest absolute Gasteiger partial charge is 0.416 e. The minimum absolute atomic E-state index is 0.0216. The zero-order valence-electron chi connectivity index (χ0n) is 13.2. The molecular weight excluding hydrogens is 379 g/mol. The molecule has 2 aromatic carbocycles. The Bertz CT molecular complexity index is 1240. The molecule has 0 fully saturated rings. The fourth-order valence-electron chi connectivity index (χ4n) is 2.81. The highest BCUT2D eigenvalue weighted by molar-refractivity contribution is 7.91. The SMILES string of the molecule is [C-]#[N+]C(C#N)=C1c2cc(C(F)(F)F)ccc2S(=O)(=O)c2cc(C#N)ccc21. The molecule has 0 aromatic heterocycles. The molecule has 0 N–H and O–H groups in total. The second-order valence-electron chi connectivity index (χ2n) is 5.48. The molecule has 9 heteroatoms. The highest BCUT2D eigenvalue weighted by Crippen LogP contribution is 2.45. The van der Waals surface area contributed by atoms with Gasteiger partial charge in [-0.2, -0.15) is 18.4 Å². The van der Waals surface area contributed by atoms with E-state index in [-0.39, 0.29) is 27.2 Å². The van der Waals surface area contributed by atoms with E-state index in [0.29, 0.717) is 12.1 Å². The molecule has 0 aliphatic carbocycles. The van der Waals surface area contributed by atoms with Crippen LogP contribution in [0.2, 0.25) is 0 Å². The van der Waals surface area contributed by atoms with Crippen LogP contribution in [0.1, 0.15) is 22.3 Å². The van der Waals surface area contributed by atoms with Crippen LogP contribution in [0.3, 0.4) is 0 Å². The number of rotatable bonds is 0. The first-order chi connectivity index (χ1) is 12.6. The molecule has 0 atom stereocenters. The van der Waals surface area contributed by atoms with Crippen LogP contribution in [0, 0.1) is 29.2 Å².